The van der Waals surface area contributed by atoms with Crippen molar-refractivity contribution in [2.45, 2.75) is 117 Å². The summed E-state index contributed by atoms with van der Waals surface area (Å²) in [6.07, 6.45) is 3.35. The zero-order valence-electron chi connectivity index (χ0n) is 47.5. The number of nitrogens with two attached hydrogens (primary N) is 1. The van der Waals surface area contributed by atoms with Gasteiger partial charge in [0.1, 0.15) is 37.0 Å². The fraction of sp³-hybridized carbons (Fsp3) is 0.483. The number of hydrogen-bond donors (Lipinski definition) is 6. The van der Waals surface area contributed by atoms with Crippen molar-refractivity contribution in [3.63, 3.8) is 0 Å². The lowest BCUT2D eigenvalue weighted by atomic mass is 9.84. The number of benzene rings is 3. The van der Waals surface area contributed by atoms with Gasteiger partial charge in [0, 0.05) is 68.5 Å². The molecule has 0 aliphatic carbocycles. The zero-order valence-corrected chi connectivity index (χ0v) is 48.3. The third-order valence-electron chi connectivity index (χ3n) is 13.8. The lowest BCUT2D eigenvalue weighted by Crippen LogP contribution is -2.54. The molecule has 6 rings (SSSR count). The Balaban J connectivity index is 1.08. The lowest BCUT2D eigenvalue weighted by Gasteiger charge is -2.42. The number of unbranched alkanes of at least 4 members (excludes halogenated alkanes) is 2. The largest absolute Gasteiger partial charge is 0.445 e. The van der Waals surface area contributed by atoms with E-state index in [1.54, 1.807) is 64.4 Å². The number of carbonyl (C=O) groups excluding carboxylic acids is 8. The molecule has 0 radical (unpaired) electrons. The molecule has 2 aliphatic heterocycles. The van der Waals surface area contributed by atoms with E-state index in [0.717, 1.165) is 28.7 Å². The first-order chi connectivity index (χ1) is 39.6. The number of halogens is 3. The monoisotopic (exact) mass is 1170 g/mol. The predicted octanol–water partition coefficient (Wildman–Crippen LogP) is 6.98. The minimum Gasteiger partial charge on any atom is -0.445 e. The molecule has 25 heteroatoms. The summed E-state index contributed by atoms with van der Waals surface area (Å²) in [5.74, 6) is -2.53. The van der Waals surface area contributed by atoms with E-state index < -0.39 is 77.7 Å². The number of imide groups is 1. The van der Waals surface area contributed by atoms with Crippen LogP contribution < -0.4 is 32.3 Å². The number of thioether (sulfide) groups is 1. The Bertz CT molecular complexity index is 2900. The van der Waals surface area contributed by atoms with Crippen molar-refractivity contribution in [3.05, 3.63) is 114 Å². The molecular formula is C58H75F3N12O9S. The second-order valence-electron chi connectivity index (χ2n) is 21.7. The van der Waals surface area contributed by atoms with Gasteiger partial charge < -0.3 is 46.9 Å². The number of aromatic nitrogens is 3. The highest BCUT2D eigenvalue weighted by Crippen LogP contribution is 2.40. The van der Waals surface area contributed by atoms with Gasteiger partial charge in [-0.25, -0.2) is 37.2 Å². The summed E-state index contributed by atoms with van der Waals surface area (Å²) in [5, 5.41) is 18.0. The Kier molecular flexibility index (Phi) is 23.9. The number of urea groups is 2. The summed E-state index contributed by atoms with van der Waals surface area (Å²) in [5.41, 5.74) is 5.96. The summed E-state index contributed by atoms with van der Waals surface area (Å²) in [6, 6.07) is 13.5. The minimum atomic E-state index is -1.12. The van der Waals surface area contributed by atoms with Crippen LogP contribution in [-0.4, -0.2) is 146 Å². The molecule has 4 atom stereocenters. The quantitative estimate of drug-likeness (QED) is 0.0248. The van der Waals surface area contributed by atoms with E-state index >= 15 is 4.39 Å². The molecule has 10 amide bonds. The van der Waals surface area contributed by atoms with Gasteiger partial charge >= 0.3 is 18.2 Å². The molecule has 1 saturated heterocycles. The topological polar surface area (TPSA) is 272 Å². The molecule has 3 aromatic carbocycles. The molecule has 0 unspecified atom stereocenters. The van der Waals surface area contributed by atoms with E-state index in [0.29, 0.717) is 60.9 Å². The van der Waals surface area contributed by atoms with Crippen LogP contribution in [0.1, 0.15) is 103 Å². The van der Waals surface area contributed by atoms with Gasteiger partial charge in [0.2, 0.25) is 17.7 Å². The Morgan fingerprint density at radius 2 is 1.53 bits per heavy atom. The zero-order chi connectivity index (χ0) is 60.2. The Labute approximate surface area is 485 Å². The lowest BCUT2D eigenvalue weighted by molar-refractivity contribution is -0.137. The van der Waals surface area contributed by atoms with Gasteiger partial charge in [0.05, 0.1) is 24.2 Å². The molecule has 1 aromatic heterocycles. The number of carbonyl (C=O) groups is 8. The minimum absolute atomic E-state index is 0.0519. The van der Waals surface area contributed by atoms with Crippen LogP contribution in [0.5, 0.6) is 0 Å². The molecule has 448 valence electrons. The average molecular weight is 1170 g/mol. The normalized spacial score (nSPS) is 14.9. The number of alkyl halides is 1. The second kappa shape index (κ2) is 30.9. The van der Waals surface area contributed by atoms with Crippen LogP contribution in [0.3, 0.4) is 0 Å². The van der Waals surface area contributed by atoms with E-state index in [9.17, 15) is 47.1 Å². The number of nitrogens with zero attached hydrogens (tertiary/aromatic N) is 6. The van der Waals surface area contributed by atoms with E-state index in [2.05, 4.69) is 26.6 Å². The van der Waals surface area contributed by atoms with Crippen molar-refractivity contribution in [3.8, 4) is 11.4 Å². The van der Waals surface area contributed by atoms with E-state index in [-0.39, 0.29) is 93.6 Å². The SMILES string of the molecule is CC(C)[C@H](NC(=O)CCCCCN1C(=O)C=CC1=O)C(=O)N[C@@H](CCCNC(N)=O)C(=O)Nc1ccc(COC(=O)N[C@H](CF)CCN(C(=O)N2CCSCC2)[C@@H](c2nc(-c3cc(F)ccc3F)nn2Cc2ccccc2)C(C)(C)C)cc1. The molecule has 4 aromatic rings. The molecule has 7 N–H and O–H groups in total. The number of primary amides is 1. The third-order valence-corrected chi connectivity index (χ3v) is 14.8. The van der Waals surface area contributed by atoms with Gasteiger partial charge in [-0.2, -0.15) is 16.9 Å². The maximum Gasteiger partial charge on any atom is 0.407 e. The van der Waals surface area contributed by atoms with Crippen LogP contribution in [0.15, 0.2) is 84.9 Å². The van der Waals surface area contributed by atoms with Crippen LogP contribution in [0.25, 0.3) is 11.4 Å². The van der Waals surface area contributed by atoms with E-state index in [4.69, 9.17) is 20.6 Å². The van der Waals surface area contributed by atoms with Crippen LogP contribution in [0.4, 0.5) is 33.2 Å². The van der Waals surface area contributed by atoms with Crippen molar-refractivity contribution in [2.24, 2.45) is 17.1 Å². The van der Waals surface area contributed by atoms with Crippen LogP contribution in [-0.2, 0) is 41.9 Å². The molecule has 0 saturated carbocycles. The van der Waals surface area contributed by atoms with Gasteiger partial charge in [-0.1, -0.05) is 83.5 Å². The maximum absolute atomic E-state index is 15.3. The Hall–Kier alpha value is -7.96. The van der Waals surface area contributed by atoms with Crippen molar-refractivity contribution in [1.82, 2.24) is 50.7 Å². The number of amides is 10. The van der Waals surface area contributed by atoms with Crippen LogP contribution in [0, 0.1) is 23.0 Å². The number of alkyl carbamates (subject to hydrolysis) is 1. The predicted molar refractivity (Wildman–Crippen MR) is 307 cm³/mol. The highest BCUT2D eigenvalue weighted by atomic mass is 32.2. The number of nitrogens with one attached hydrogen (secondary N) is 5. The number of hydrogen-bond acceptors (Lipinski definition) is 12. The molecule has 1 fully saturated rings. The number of rotatable bonds is 28. The Morgan fingerprint density at radius 1 is 0.831 bits per heavy atom. The molecule has 2 aliphatic rings. The molecule has 0 spiro atoms. The van der Waals surface area contributed by atoms with E-state index in [1.165, 1.54) is 12.2 Å². The van der Waals surface area contributed by atoms with Gasteiger partial charge in [0.25, 0.3) is 11.8 Å². The summed E-state index contributed by atoms with van der Waals surface area (Å²) in [6.45, 7) is 9.33. The van der Waals surface area contributed by atoms with Gasteiger partial charge in [0.15, 0.2) is 11.6 Å². The fourth-order valence-corrected chi connectivity index (χ4v) is 10.3. The highest BCUT2D eigenvalue weighted by Gasteiger charge is 2.41. The molecule has 0 bridgehead atoms. The average Bonchev–Trinajstić information content (AvgIpc) is 3.80. The van der Waals surface area contributed by atoms with Crippen LogP contribution in [0.2, 0.25) is 0 Å². The van der Waals surface area contributed by atoms with Gasteiger partial charge in [-0.05, 0) is 84.9 Å². The standard InChI is InChI=1S/C58H75F3N12O9S/c1-37(2)49(67-46(74)16-10-7-11-27-71-47(75)23-24-48(71)76)54(78)66-45(15-12-26-63-55(62)79)53(77)64-41-20-17-39(18-21-41)36-82-56(80)65-42(34-59)25-28-72(57(81)70-29-31-83-32-30-70)50(58(3,4)5)52-68-51(43-33-40(60)19-22-44(43)61)69-73(52)35-38-13-8-6-9-14-38/h6,8-9,13-14,17-24,33,37,42,45,49-50H,7,10-12,15-16,25-32,34-36H2,1-5H3,(H,64,77)(H,65,80)(H,66,78)(H,67,74)(H3,62,63,79)/t42-,45-,49-,50-/m0/s1. The molecular weight excluding hydrogens is 1100 g/mol. The smallest absolute Gasteiger partial charge is 0.407 e. The first kappa shape index (κ1) is 64.2. The summed E-state index contributed by atoms with van der Waals surface area (Å²) in [7, 11) is 0. The summed E-state index contributed by atoms with van der Waals surface area (Å²) < 4.78 is 51.9. The Morgan fingerprint density at radius 3 is 2.18 bits per heavy atom. The first-order valence-corrected chi connectivity index (χ1v) is 28.9. The number of anilines is 1. The maximum atomic E-state index is 15.3. The van der Waals surface area contributed by atoms with Crippen molar-refractivity contribution < 1.29 is 56.3 Å². The first-order valence-electron chi connectivity index (χ1n) is 27.7. The van der Waals surface area contributed by atoms with Gasteiger partial charge in [-0.3, -0.25) is 28.9 Å². The van der Waals surface area contributed by atoms with Crippen LogP contribution >= 0.6 is 11.8 Å². The fourth-order valence-electron chi connectivity index (χ4n) is 9.44. The van der Waals surface area contributed by atoms with Crippen molar-refractivity contribution in [2.75, 3.05) is 56.2 Å². The van der Waals surface area contributed by atoms with Crippen molar-refractivity contribution in [1.29, 1.82) is 0 Å². The van der Waals surface area contributed by atoms with E-state index in [1.807, 2.05) is 51.1 Å². The third kappa shape index (κ3) is 19.3. The summed E-state index contributed by atoms with van der Waals surface area (Å²) >= 11 is 1.71. The second-order valence-corrected chi connectivity index (χ2v) is 22.9. The summed E-state index contributed by atoms with van der Waals surface area (Å²) in [4.78, 5) is 113. The number of ether oxygens (including phenoxy) is 1. The molecule has 21 nitrogen and oxygen atoms in total. The highest BCUT2D eigenvalue weighted by molar-refractivity contribution is 7.99. The van der Waals surface area contributed by atoms with Crippen molar-refractivity contribution >= 4 is 65.1 Å². The van der Waals surface area contributed by atoms with Gasteiger partial charge in [-0.15, -0.1) is 0 Å². The molecule has 3 heterocycles. The molecule has 83 heavy (non-hydrogen) atoms.